The summed E-state index contributed by atoms with van der Waals surface area (Å²) in [5.41, 5.74) is 3.97. The SMILES string of the molecule is Cn1nc(CN(C(=O)c2ccccc2)c2ccccc2)c2c1CCN(S(=O)(=O)c1cccc(C#N)c1)C2. The molecular weight excluding hydrogens is 486 g/mol. The van der Waals surface area contributed by atoms with E-state index in [2.05, 4.69) is 0 Å². The number of aryl methyl sites for hydroxylation is 1. The number of sulfonamides is 1. The van der Waals surface area contributed by atoms with E-state index in [0.29, 0.717) is 29.8 Å². The van der Waals surface area contributed by atoms with Crippen LogP contribution in [0.2, 0.25) is 0 Å². The van der Waals surface area contributed by atoms with Crippen LogP contribution in [-0.2, 0) is 36.6 Å². The fourth-order valence-electron chi connectivity index (χ4n) is 4.63. The summed E-state index contributed by atoms with van der Waals surface area (Å²) in [7, 11) is -1.98. The first-order chi connectivity index (χ1) is 17.9. The summed E-state index contributed by atoms with van der Waals surface area (Å²) < 4.78 is 30.1. The predicted molar refractivity (Wildman–Crippen MR) is 139 cm³/mol. The molecule has 1 amide bonds. The Bertz CT molecular complexity index is 1590. The summed E-state index contributed by atoms with van der Waals surface area (Å²) in [6, 6.07) is 26.5. The van der Waals surface area contributed by atoms with Gasteiger partial charge in [-0.05, 0) is 42.5 Å². The highest BCUT2D eigenvalue weighted by atomic mass is 32.2. The molecule has 0 bridgehead atoms. The zero-order chi connectivity index (χ0) is 26.0. The molecule has 2 heterocycles. The molecule has 0 atom stereocenters. The molecule has 0 saturated heterocycles. The maximum atomic E-state index is 13.6. The average Bonchev–Trinajstić information content (AvgIpc) is 3.26. The van der Waals surface area contributed by atoms with Crippen LogP contribution in [-0.4, -0.2) is 35.0 Å². The molecule has 186 valence electrons. The fraction of sp³-hybridized carbons (Fsp3) is 0.179. The molecule has 0 spiro atoms. The van der Waals surface area contributed by atoms with Crippen molar-refractivity contribution >= 4 is 21.6 Å². The van der Waals surface area contributed by atoms with Crippen molar-refractivity contribution in [2.45, 2.75) is 24.4 Å². The lowest BCUT2D eigenvalue weighted by Gasteiger charge is -2.28. The second kappa shape index (κ2) is 10.0. The molecule has 0 saturated carbocycles. The lowest BCUT2D eigenvalue weighted by molar-refractivity contribution is 0.0984. The highest BCUT2D eigenvalue weighted by Crippen LogP contribution is 2.29. The summed E-state index contributed by atoms with van der Waals surface area (Å²) in [6.07, 6.45) is 0.494. The lowest BCUT2D eigenvalue weighted by atomic mass is 10.1. The van der Waals surface area contributed by atoms with Crippen LogP contribution in [0.15, 0.2) is 89.8 Å². The molecule has 0 fully saturated rings. The zero-order valence-electron chi connectivity index (χ0n) is 20.3. The molecule has 4 aromatic rings. The summed E-state index contributed by atoms with van der Waals surface area (Å²) in [5.74, 6) is -0.167. The number of para-hydroxylation sites is 1. The van der Waals surface area contributed by atoms with E-state index < -0.39 is 10.0 Å². The third-order valence-electron chi connectivity index (χ3n) is 6.53. The molecule has 1 aliphatic rings. The monoisotopic (exact) mass is 511 g/mol. The Morgan fingerprint density at radius 3 is 2.43 bits per heavy atom. The topological polar surface area (TPSA) is 99.3 Å². The molecule has 1 aliphatic heterocycles. The molecule has 5 rings (SSSR count). The molecule has 0 radical (unpaired) electrons. The molecule has 0 unspecified atom stereocenters. The minimum Gasteiger partial charge on any atom is -0.302 e. The van der Waals surface area contributed by atoms with E-state index in [9.17, 15) is 18.5 Å². The average molecular weight is 512 g/mol. The Kier molecular flexibility index (Phi) is 6.61. The van der Waals surface area contributed by atoms with E-state index in [1.807, 2.05) is 61.6 Å². The number of nitriles is 1. The van der Waals surface area contributed by atoms with Gasteiger partial charge in [-0.15, -0.1) is 0 Å². The lowest BCUT2D eigenvalue weighted by Crippen LogP contribution is -2.37. The number of anilines is 1. The third kappa shape index (κ3) is 4.77. The van der Waals surface area contributed by atoms with Crippen molar-refractivity contribution in [3.63, 3.8) is 0 Å². The first-order valence-electron chi connectivity index (χ1n) is 11.8. The summed E-state index contributed by atoms with van der Waals surface area (Å²) >= 11 is 0. The van der Waals surface area contributed by atoms with E-state index in [-0.39, 0.29) is 23.9 Å². The second-order valence-electron chi connectivity index (χ2n) is 8.82. The van der Waals surface area contributed by atoms with Gasteiger partial charge >= 0.3 is 0 Å². The smallest absolute Gasteiger partial charge is 0.258 e. The first-order valence-corrected chi connectivity index (χ1v) is 13.3. The van der Waals surface area contributed by atoms with Gasteiger partial charge in [-0.25, -0.2) is 8.42 Å². The van der Waals surface area contributed by atoms with E-state index in [4.69, 9.17) is 5.10 Å². The zero-order valence-corrected chi connectivity index (χ0v) is 21.1. The van der Waals surface area contributed by atoms with Crippen molar-refractivity contribution < 1.29 is 13.2 Å². The number of benzene rings is 3. The Morgan fingerprint density at radius 1 is 1.03 bits per heavy atom. The largest absolute Gasteiger partial charge is 0.302 e. The molecule has 0 aliphatic carbocycles. The maximum absolute atomic E-state index is 13.6. The van der Waals surface area contributed by atoms with Gasteiger partial charge < -0.3 is 4.90 Å². The molecule has 0 N–H and O–H groups in total. The molecule has 3 aromatic carbocycles. The number of aromatic nitrogens is 2. The second-order valence-corrected chi connectivity index (χ2v) is 10.8. The Morgan fingerprint density at radius 2 is 1.73 bits per heavy atom. The van der Waals surface area contributed by atoms with Gasteiger partial charge in [0.15, 0.2) is 0 Å². The minimum atomic E-state index is -3.82. The van der Waals surface area contributed by atoms with Crippen molar-refractivity contribution in [2.24, 2.45) is 7.05 Å². The maximum Gasteiger partial charge on any atom is 0.258 e. The van der Waals surface area contributed by atoms with Crippen molar-refractivity contribution in [2.75, 3.05) is 11.4 Å². The molecule has 1 aromatic heterocycles. The number of hydrogen-bond donors (Lipinski definition) is 0. The quantitative estimate of drug-likeness (QED) is 0.391. The minimum absolute atomic E-state index is 0.0885. The summed E-state index contributed by atoms with van der Waals surface area (Å²) in [5, 5.41) is 13.9. The van der Waals surface area contributed by atoms with Crippen LogP contribution < -0.4 is 4.90 Å². The molecular formula is C28H25N5O3S. The van der Waals surface area contributed by atoms with Gasteiger partial charge in [0.05, 0.1) is 28.8 Å². The van der Waals surface area contributed by atoms with Gasteiger partial charge in [-0.2, -0.15) is 14.7 Å². The van der Waals surface area contributed by atoms with Gasteiger partial charge in [0.1, 0.15) is 0 Å². The van der Waals surface area contributed by atoms with Gasteiger partial charge in [0.25, 0.3) is 5.91 Å². The summed E-state index contributed by atoms with van der Waals surface area (Å²) in [4.78, 5) is 15.3. The van der Waals surface area contributed by atoms with Gasteiger partial charge in [0, 0.05) is 49.1 Å². The van der Waals surface area contributed by atoms with Crippen LogP contribution in [0.5, 0.6) is 0 Å². The van der Waals surface area contributed by atoms with Crippen molar-refractivity contribution in [1.29, 1.82) is 5.26 Å². The van der Waals surface area contributed by atoms with Crippen LogP contribution in [0.1, 0.15) is 32.9 Å². The number of carbonyl (C=O) groups is 1. The molecule has 8 nitrogen and oxygen atoms in total. The van der Waals surface area contributed by atoms with Gasteiger partial charge in [-0.3, -0.25) is 9.48 Å². The van der Waals surface area contributed by atoms with E-state index >= 15 is 0 Å². The molecule has 37 heavy (non-hydrogen) atoms. The highest BCUT2D eigenvalue weighted by Gasteiger charge is 2.33. The molecule has 9 heteroatoms. The highest BCUT2D eigenvalue weighted by molar-refractivity contribution is 7.89. The van der Waals surface area contributed by atoms with E-state index in [0.717, 1.165) is 16.9 Å². The fourth-order valence-corrected chi connectivity index (χ4v) is 6.08. The number of carbonyl (C=O) groups excluding carboxylic acids is 1. The number of amides is 1. The van der Waals surface area contributed by atoms with Crippen LogP contribution in [0.4, 0.5) is 5.69 Å². The number of fused-ring (bicyclic) bond motifs is 1. The number of hydrogen-bond acceptors (Lipinski definition) is 5. The standard InChI is InChI=1S/C28H25N5O3S/c1-31-27-15-16-32(37(35,36)24-14-8-9-21(17-24)18-29)19-25(27)26(30-31)20-33(23-12-6-3-7-13-23)28(34)22-10-4-2-5-11-22/h2-14,17H,15-16,19-20H2,1H3. The van der Waals surface area contributed by atoms with Crippen LogP contribution >= 0.6 is 0 Å². The van der Waals surface area contributed by atoms with Gasteiger partial charge in [-0.1, -0.05) is 42.5 Å². The normalized spacial score (nSPS) is 13.5. The Balaban J connectivity index is 1.49. The summed E-state index contributed by atoms with van der Waals surface area (Å²) in [6.45, 7) is 0.634. The van der Waals surface area contributed by atoms with Crippen LogP contribution in [0, 0.1) is 11.3 Å². The van der Waals surface area contributed by atoms with Crippen LogP contribution in [0.3, 0.4) is 0 Å². The van der Waals surface area contributed by atoms with Crippen LogP contribution in [0.25, 0.3) is 0 Å². The van der Waals surface area contributed by atoms with Crippen molar-refractivity contribution in [3.8, 4) is 6.07 Å². The van der Waals surface area contributed by atoms with Gasteiger partial charge in [0.2, 0.25) is 10.0 Å². The van der Waals surface area contributed by atoms with Crippen molar-refractivity contribution in [1.82, 2.24) is 14.1 Å². The van der Waals surface area contributed by atoms with E-state index in [1.54, 1.807) is 33.8 Å². The number of nitrogens with zero attached hydrogens (tertiary/aromatic N) is 5. The predicted octanol–water partition coefficient (Wildman–Crippen LogP) is 3.89. The Labute approximate surface area is 216 Å². The first kappa shape index (κ1) is 24.4. The van der Waals surface area contributed by atoms with E-state index in [1.165, 1.54) is 16.4 Å². The van der Waals surface area contributed by atoms with Crippen molar-refractivity contribution in [3.05, 3.63) is 113 Å². The number of rotatable bonds is 6. The Hall–Kier alpha value is -4.26. The third-order valence-corrected chi connectivity index (χ3v) is 8.37.